The van der Waals surface area contributed by atoms with E-state index in [0.29, 0.717) is 12.6 Å². The highest BCUT2D eigenvalue weighted by Gasteiger charge is 2.14. The summed E-state index contributed by atoms with van der Waals surface area (Å²) in [6, 6.07) is 14.3. The fourth-order valence-corrected chi connectivity index (χ4v) is 2.94. The van der Waals surface area contributed by atoms with Gasteiger partial charge in [-0.25, -0.2) is 13.5 Å². The fraction of sp³-hybridized carbons (Fsp3) is 0.0500. The summed E-state index contributed by atoms with van der Waals surface area (Å²) in [6.45, 7) is 0.301. The molecule has 9 heteroatoms. The number of hydrogen-bond donors (Lipinski definition) is 1. The molecule has 146 valence electrons. The van der Waals surface area contributed by atoms with Crippen LogP contribution in [0.5, 0.6) is 0 Å². The maximum absolute atomic E-state index is 14.0. The van der Waals surface area contributed by atoms with Crippen LogP contribution in [0.4, 0.5) is 14.5 Å². The minimum Gasteiger partial charge on any atom is -0.377 e. The molecule has 0 radical (unpaired) electrons. The summed E-state index contributed by atoms with van der Waals surface area (Å²) >= 11 is 6.14. The quantitative estimate of drug-likeness (QED) is 0.538. The van der Waals surface area contributed by atoms with Crippen molar-refractivity contribution in [2.75, 3.05) is 5.32 Å². The molecule has 0 fully saturated rings. The third-order valence-electron chi connectivity index (χ3n) is 4.18. The van der Waals surface area contributed by atoms with Crippen molar-refractivity contribution in [1.29, 1.82) is 0 Å². The lowest BCUT2D eigenvalue weighted by Gasteiger charge is -2.10. The van der Waals surface area contributed by atoms with Gasteiger partial charge in [-0.2, -0.15) is 14.9 Å². The van der Waals surface area contributed by atoms with E-state index in [1.54, 1.807) is 4.68 Å². The Hall–Kier alpha value is -3.52. The van der Waals surface area contributed by atoms with E-state index < -0.39 is 17.2 Å². The van der Waals surface area contributed by atoms with E-state index in [0.717, 1.165) is 28.2 Å². The van der Waals surface area contributed by atoms with E-state index in [4.69, 9.17) is 11.6 Å². The zero-order chi connectivity index (χ0) is 20.4. The average molecular weight is 414 g/mol. The monoisotopic (exact) mass is 413 g/mol. The van der Waals surface area contributed by atoms with Gasteiger partial charge in [-0.05, 0) is 30.3 Å². The van der Waals surface area contributed by atoms with Gasteiger partial charge in [-0.1, -0.05) is 29.8 Å². The molecule has 0 unspecified atom stereocenters. The Labute approximate surface area is 169 Å². The molecule has 2 aromatic carbocycles. The molecule has 4 rings (SSSR count). The van der Waals surface area contributed by atoms with Crippen molar-refractivity contribution in [3.63, 3.8) is 0 Å². The van der Waals surface area contributed by atoms with Crippen molar-refractivity contribution in [1.82, 2.24) is 19.6 Å². The van der Waals surface area contributed by atoms with Gasteiger partial charge in [0.1, 0.15) is 16.5 Å². The van der Waals surface area contributed by atoms with E-state index in [1.165, 1.54) is 6.20 Å². The van der Waals surface area contributed by atoms with Crippen LogP contribution in [0.25, 0.3) is 11.4 Å². The zero-order valence-corrected chi connectivity index (χ0v) is 15.6. The fourth-order valence-electron chi connectivity index (χ4n) is 2.75. The Morgan fingerprint density at radius 1 is 1.07 bits per heavy atom. The molecule has 0 atom stereocenters. The largest absolute Gasteiger partial charge is 0.377 e. The van der Waals surface area contributed by atoms with Crippen LogP contribution in [0.1, 0.15) is 5.69 Å². The van der Waals surface area contributed by atoms with Crippen molar-refractivity contribution < 1.29 is 8.78 Å². The number of para-hydroxylation sites is 1. The molecule has 0 amide bonds. The number of hydrogen-bond acceptors (Lipinski definition) is 4. The maximum Gasteiger partial charge on any atom is 0.292 e. The van der Waals surface area contributed by atoms with Crippen molar-refractivity contribution in [3.05, 3.63) is 99.7 Å². The smallest absolute Gasteiger partial charge is 0.292 e. The van der Waals surface area contributed by atoms with Gasteiger partial charge in [-0.15, -0.1) is 0 Å². The standard InChI is InChI=1S/C20H14ClF2N5O/c21-19-17(12-25-28(20(19)29)18-7-6-13(22)10-16(18)23)24-11-14-8-9-27(26-14)15-4-2-1-3-5-15/h1-10,12,24H,11H2. The summed E-state index contributed by atoms with van der Waals surface area (Å²) in [4.78, 5) is 12.5. The van der Waals surface area contributed by atoms with Crippen LogP contribution in [0.3, 0.4) is 0 Å². The van der Waals surface area contributed by atoms with Gasteiger partial charge in [0.15, 0.2) is 5.82 Å². The van der Waals surface area contributed by atoms with E-state index in [9.17, 15) is 13.6 Å². The summed E-state index contributed by atoms with van der Waals surface area (Å²) in [5.41, 5.74) is 1.01. The summed E-state index contributed by atoms with van der Waals surface area (Å²) in [7, 11) is 0. The Morgan fingerprint density at radius 3 is 2.62 bits per heavy atom. The SMILES string of the molecule is O=c1c(Cl)c(NCc2ccn(-c3ccccc3)n2)cnn1-c1ccc(F)cc1F. The van der Waals surface area contributed by atoms with Gasteiger partial charge in [-0.3, -0.25) is 4.79 Å². The molecule has 2 aromatic heterocycles. The summed E-state index contributed by atoms with van der Waals surface area (Å²) in [5, 5.41) is 11.2. The van der Waals surface area contributed by atoms with Crippen LogP contribution in [0, 0.1) is 11.6 Å². The average Bonchev–Trinajstić information content (AvgIpc) is 3.20. The van der Waals surface area contributed by atoms with Gasteiger partial charge in [0.2, 0.25) is 0 Å². The highest BCUT2D eigenvalue weighted by atomic mass is 35.5. The molecule has 0 saturated carbocycles. The predicted molar refractivity (Wildman–Crippen MR) is 106 cm³/mol. The second kappa shape index (κ2) is 7.84. The summed E-state index contributed by atoms with van der Waals surface area (Å²) < 4.78 is 29.6. The molecule has 0 aliphatic heterocycles. The summed E-state index contributed by atoms with van der Waals surface area (Å²) in [5.74, 6) is -1.67. The van der Waals surface area contributed by atoms with Gasteiger partial charge in [0.25, 0.3) is 5.56 Å². The number of benzene rings is 2. The van der Waals surface area contributed by atoms with Crippen LogP contribution in [-0.2, 0) is 6.54 Å². The topological polar surface area (TPSA) is 64.7 Å². The van der Waals surface area contributed by atoms with Crippen molar-refractivity contribution in [2.24, 2.45) is 0 Å². The molecule has 0 saturated heterocycles. The van der Waals surface area contributed by atoms with Crippen LogP contribution >= 0.6 is 11.6 Å². The molecule has 0 aliphatic carbocycles. The van der Waals surface area contributed by atoms with Crippen LogP contribution in [0.2, 0.25) is 5.02 Å². The number of halogens is 3. The Morgan fingerprint density at radius 2 is 1.86 bits per heavy atom. The number of aromatic nitrogens is 4. The van der Waals surface area contributed by atoms with E-state index in [2.05, 4.69) is 15.5 Å². The predicted octanol–water partition coefficient (Wildman–Crippen LogP) is 3.96. The second-order valence-corrected chi connectivity index (χ2v) is 6.50. The van der Waals surface area contributed by atoms with Crippen LogP contribution in [0.15, 0.2) is 71.8 Å². The number of rotatable bonds is 5. The molecule has 0 aliphatic rings. The van der Waals surface area contributed by atoms with Crippen LogP contribution < -0.4 is 10.9 Å². The number of nitrogens with one attached hydrogen (secondary N) is 1. The van der Waals surface area contributed by atoms with Gasteiger partial charge < -0.3 is 5.32 Å². The Kier molecular flexibility index (Phi) is 5.09. The molecule has 1 N–H and O–H groups in total. The van der Waals surface area contributed by atoms with E-state index >= 15 is 0 Å². The van der Waals surface area contributed by atoms with Crippen LogP contribution in [-0.4, -0.2) is 19.6 Å². The Balaban J connectivity index is 1.54. The highest BCUT2D eigenvalue weighted by molar-refractivity contribution is 6.32. The van der Waals surface area contributed by atoms with Gasteiger partial charge >= 0.3 is 0 Å². The van der Waals surface area contributed by atoms with E-state index in [-0.39, 0.29) is 16.4 Å². The Bertz CT molecular complexity index is 1220. The zero-order valence-electron chi connectivity index (χ0n) is 14.9. The minimum atomic E-state index is -0.914. The van der Waals surface area contributed by atoms with Crippen molar-refractivity contribution >= 4 is 17.3 Å². The number of anilines is 1. The molecule has 4 aromatic rings. The highest BCUT2D eigenvalue weighted by Crippen LogP contribution is 2.19. The normalized spacial score (nSPS) is 10.9. The molecular weight excluding hydrogens is 400 g/mol. The molecule has 0 bridgehead atoms. The summed E-state index contributed by atoms with van der Waals surface area (Å²) in [6.07, 6.45) is 3.13. The second-order valence-electron chi connectivity index (χ2n) is 6.13. The van der Waals surface area contributed by atoms with Crippen molar-refractivity contribution in [2.45, 2.75) is 6.54 Å². The third kappa shape index (κ3) is 3.88. The molecule has 6 nitrogen and oxygen atoms in total. The minimum absolute atomic E-state index is 0.161. The van der Waals surface area contributed by atoms with E-state index in [1.807, 2.05) is 42.6 Å². The van der Waals surface area contributed by atoms with Gasteiger partial charge in [0.05, 0.1) is 29.8 Å². The first-order chi connectivity index (χ1) is 14.0. The number of nitrogens with zero attached hydrogens (tertiary/aromatic N) is 4. The first kappa shape index (κ1) is 18.8. The third-order valence-corrected chi connectivity index (χ3v) is 4.55. The lowest BCUT2D eigenvalue weighted by Crippen LogP contribution is -2.23. The van der Waals surface area contributed by atoms with Crippen molar-refractivity contribution in [3.8, 4) is 11.4 Å². The first-order valence-corrected chi connectivity index (χ1v) is 8.98. The lowest BCUT2D eigenvalue weighted by atomic mass is 10.3. The van der Waals surface area contributed by atoms with Gasteiger partial charge in [0, 0.05) is 12.3 Å². The first-order valence-electron chi connectivity index (χ1n) is 8.60. The molecular formula is C20H14ClF2N5O. The maximum atomic E-state index is 14.0. The molecule has 0 spiro atoms. The molecule has 29 heavy (non-hydrogen) atoms. The lowest BCUT2D eigenvalue weighted by molar-refractivity contribution is 0.571. The molecule has 2 heterocycles.